The van der Waals surface area contributed by atoms with Gasteiger partial charge in [0.05, 0.1) is 11.8 Å². The molecule has 0 aliphatic heterocycles. The van der Waals surface area contributed by atoms with Gasteiger partial charge in [-0.2, -0.15) is 4.98 Å². The molecule has 178 valence electrons. The van der Waals surface area contributed by atoms with Gasteiger partial charge in [0.1, 0.15) is 24.1 Å². The van der Waals surface area contributed by atoms with Gasteiger partial charge in [-0.3, -0.25) is 14.2 Å². The molecule has 3 heterocycles. The minimum Gasteiger partial charge on any atom is -0.337 e. The lowest BCUT2D eigenvalue weighted by molar-refractivity contribution is -0.116. The summed E-state index contributed by atoms with van der Waals surface area (Å²) in [6, 6.07) is 11.7. The first kappa shape index (κ1) is 22.5. The fourth-order valence-corrected chi connectivity index (χ4v) is 4.32. The van der Waals surface area contributed by atoms with Crippen molar-refractivity contribution < 1.29 is 9.32 Å². The number of aromatic nitrogens is 5. The Morgan fingerprint density at radius 3 is 2.60 bits per heavy atom. The molecule has 9 heteroatoms. The van der Waals surface area contributed by atoms with Crippen LogP contribution < -0.4 is 10.9 Å². The standard InChI is InChI=1S/C26H26N6O3/c1-5-21-29-23(35-30-21)13-31-14-27-24-18-11-16(3)7-9-20(18)32(25(24)26(31)34)12-22(33)28-19-8-6-15(2)10-17(19)4/h6-11,14H,5,12-13H2,1-4H3,(H,28,33). The van der Waals surface area contributed by atoms with Crippen LogP contribution in [0.3, 0.4) is 0 Å². The van der Waals surface area contributed by atoms with E-state index in [4.69, 9.17) is 4.52 Å². The molecule has 35 heavy (non-hydrogen) atoms. The Morgan fingerprint density at radius 2 is 1.86 bits per heavy atom. The van der Waals surface area contributed by atoms with Crippen LogP contribution in [0.15, 0.2) is 52.0 Å². The summed E-state index contributed by atoms with van der Waals surface area (Å²) in [5, 5.41) is 7.70. The van der Waals surface area contributed by atoms with Crippen molar-refractivity contribution in [3.05, 3.63) is 81.5 Å². The zero-order chi connectivity index (χ0) is 24.7. The smallest absolute Gasteiger partial charge is 0.278 e. The molecule has 1 N–H and O–H groups in total. The van der Waals surface area contributed by atoms with E-state index in [1.807, 2.05) is 64.1 Å². The number of benzene rings is 2. The Kier molecular flexibility index (Phi) is 5.68. The number of hydrogen-bond acceptors (Lipinski definition) is 6. The number of hydrogen-bond donors (Lipinski definition) is 1. The molecule has 3 aromatic heterocycles. The van der Waals surface area contributed by atoms with Crippen LogP contribution in [0.2, 0.25) is 0 Å². The number of carbonyl (C=O) groups is 1. The second-order valence-corrected chi connectivity index (χ2v) is 8.81. The van der Waals surface area contributed by atoms with E-state index in [-0.39, 0.29) is 24.6 Å². The molecule has 0 spiro atoms. The Balaban J connectivity index is 1.58. The van der Waals surface area contributed by atoms with Crippen LogP contribution in [0.5, 0.6) is 0 Å². The highest BCUT2D eigenvalue weighted by Crippen LogP contribution is 2.27. The van der Waals surface area contributed by atoms with Gasteiger partial charge in [0, 0.05) is 17.5 Å². The predicted octanol–water partition coefficient (Wildman–Crippen LogP) is 3.91. The molecule has 0 bridgehead atoms. The maximum atomic E-state index is 13.6. The summed E-state index contributed by atoms with van der Waals surface area (Å²) in [5.74, 6) is 0.682. The molecule has 2 aromatic carbocycles. The third kappa shape index (κ3) is 4.21. The number of nitrogens with zero attached hydrogens (tertiary/aromatic N) is 5. The number of fused-ring (bicyclic) bond motifs is 3. The SMILES string of the molecule is CCc1noc(Cn2cnc3c4cc(C)ccc4n(CC(=O)Nc4ccc(C)cc4C)c3c2=O)n1. The van der Waals surface area contributed by atoms with E-state index in [1.165, 1.54) is 10.9 Å². The van der Waals surface area contributed by atoms with Crippen LogP contribution in [0.4, 0.5) is 5.69 Å². The molecule has 0 saturated carbocycles. The number of rotatable bonds is 6. The highest BCUT2D eigenvalue weighted by atomic mass is 16.5. The molecule has 0 aliphatic rings. The molecule has 0 fully saturated rings. The third-order valence-electron chi connectivity index (χ3n) is 6.07. The summed E-state index contributed by atoms with van der Waals surface area (Å²) in [6.07, 6.45) is 2.13. The van der Waals surface area contributed by atoms with Gasteiger partial charge < -0.3 is 14.4 Å². The number of nitrogens with one attached hydrogen (secondary N) is 1. The van der Waals surface area contributed by atoms with Crippen LogP contribution in [0, 0.1) is 20.8 Å². The lowest BCUT2D eigenvalue weighted by atomic mass is 10.1. The Hall–Kier alpha value is -4.27. The van der Waals surface area contributed by atoms with Crippen LogP contribution in [-0.2, 0) is 24.3 Å². The van der Waals surface area contributed by atoms with Gasteiger partial charge in [-0.05, 0) is 44.5 Å². The second kappa shape index (κ2) is 8.83. The zero-order valence-electron chi connectivity index (χ0n) is 20.1. The van der Waals surface area contributed by atoms with Crippen LogP contribution in [0.25, 0.3) is 21.9 Å². The van der Waals surface area contributed by atoms with E-state index in [9.17, 15) is 9.59 Å². The third-order valence-corrected chi connectivity index (χ3v) is 6.07. The van der Waals surface area contributed by atoms with Crippen molar-refractivity contribution in [2.45, 2.75) is 47.2 Å². The molecule has 5 aromatic rings. The van der Waals surface area contributed by atoms with Crippen LogP contribution in [0.1, 0.15) is 35.3 Å². The Morgan fingerprint density at radius 1 is 1.09 bits per heavy atom. The first-order chi connectivity index (χ1) is 16.8. The van der Waals surface area contributed by atoms with Crippen LogP contribution in [-0.4, -0.2) is 30.2 Å². The van der Waals surface area contributed by atoms with Crippen molar-refractivity contribution in [2.24, 2.45) is 0 Å². The van der Waals surface area contributed by atoms with Gasteiger partial charge >= 0.3 is 0 Å². The van der Waals surface area contributed by atoms with E-state index in [2.05, 4.69) is 20.4 Å². The minimum atomic E-state index is -0.278. The molecule has 5 rings (SSSR count). The van der Waals surface area contributed by atoms with Gasteiger partial charge in [0.25, 0.3) is 5.56 Å². The van der Waals surface area contributed by atoms with E-state index in [0.717, 1.165) is 33.3 Å². The topological polar surface area (TPSA) is 108 Å². The van der Waals surface area contributed by atoms with Crippen molar-refractivity contribution in [3.63, 3.8) is 0 Å². The zero-order valence-corrected chi connectivity index (χ0v) is 20.1. The average Bonchev–Trinajstić information content (AvgIpc) is 3.40. The first-order valence-corrected chi connectivity index (χ1v) is 11.5. The van der Waals surface area contributed by atoms with Gasteiger partial charge in [0.2, 0.25) is 11.8 Å². The molecule has 0 unspecified atom stereocenters. The maximum Gasteiger partial charge on any atom is 0.278 e. The lowest BCUT2D eigenvalue weighted by Crippen LogP contribution is -2.25. The van der Waals surface area contributed by atoms with Crippen molar-refractivity contribution >= 4 is 33.5 Å². The van der Waals surface area contributed by atoms with Crippen molar-refractivity contribution in [1.82, 2.24) is 24.3 Å². The van der Waals surface area contributed by atoms with Gasteiger partial charge in [0.15, 0.2) is 5.82 Å². The van der Waals surface area contributed by atoms with Crippen molar-refractivity contribution in [2.75, 3.05) is 5.32 Å². The maximum absolute atomic E-state index is 13.6. The molecule has 0 saturated heterocycles. The molecular formula is C26H26N6O3. The first-order valence-electron chi connectivity index (χ1n) is 11.5. The van der Waals surface area contributed by atoms with Crippen molar-refractivity contribution in [3.8, 4) is 0 Å². The van der Waals surface area contributed by atoms with Gasteiger partial charge in [-0.1, -0.05) is 41.4 Å². The second-order valence-electron chi connectivity index (χ2n) is 8.81. The summed E-state index contributed by atoms with van der Waals surface area (Å²) in [4.78, 5) is 35.6. The predicted molar refractivity (Wildman–Crippen MR) is 134 cm³/mol. The molecule has 0 atom stereocenters. The number of aryl methyl sites for hydroxylation is 4. The van der Waals surface area contributed by atoms with E-state index in [0.29, 0.717) is 29.2 Å². The number of amides is 1. The van der Waals surface area contributed by atoms with Gasteiger partial charge in [-0.25, -0.2) is 4.98 Å². The molecular weight excluding hydrogens is 444 g/mol. The largest absolute Gasteiger partial charge is 0.337 e. The Bertz CT molecular complexity index is 1640. The average molecular weight is 471 g/mol. The van der Waals surface area contributed by atoms with E-state index >= 15 is 0 Å². The normalized spacial score (nSPS) is 11.4. The monoisotopic (exact) mass is 470 g/mol. The fourth-order valence-electron chi connectivity index (χ4n) is 4.32. The van der Waals surface area contributed by atoms with E-state index in [1.54, 1.807) is 4.57 Å². The summed E-state index contributed by atoms with van der Waals surface area (Å²) < 4.78 is 8.43. The fraction of sp³-hybridized carbons (Fsp3) is 0.269. The summed E-state index contributed by atoms with van der Waals surface area (Å²) in [6.45, 7) is 7.95. The molecule has 0 aliphatic carbocycles. The highest BCUT2D eigenvalue weighted by Gasteiger charge is 2.20. The van der Waals surface area contributed by atoms with E-state index < -0.39 is 0 Å². The quantitative estimate of drug-likeness (QED) is 0.403. The van der Waals surface area contributed by atoms with Gasteiger partial charge in [-0.15, -0.1) is 0 Å². The minimum absolute atomic E-state index is 0.0299. The summed E-state index contributed by atoms with van der Waals surface area (Å²) in [5.41, 5.74) is 5.30. The highest BCUT2D eigenvalue weighted by molar-refractivity contribution is 6.06. The molecule has 9 nitrogen and oxygen atoms in total. The molecule has 1 amide bonds. The van der Waals surface area contributed by atoms with Crippen LogP contribution >= 0.6 is 0 Å². The number of anilines is 1. The summed E-state index contributed by atoms with van der Waals surface area (Å²) in [7, 11) is 0. The molecule has 0 radical (unpaired) electrons. The number of carbonyl (C=O) groups excluding carboxylic acids is 1. The summed E-state index contributed by atoms with van der Waals surface area (Å²) >= 11 is 0. The lowest BCUT2D eigenvalue weighted by Gasteiger charge is -2.11. The Labute approximate surface area is 201 Å². The van der Waals surface area contributed by atoms with Crippen molar-refractivity contribution in [1.29, 1.82) is 0 Å².